The molecule has 1 saturated heterocycles. The second kappa shape index (κ2) is 11.6. The maximum absolute atomic E-state index is 14.4. The Morgan fingerprint density at radius 3 is 2.50 bits per heavy atom. The Bertz CT molecular complexity index is 929. The van der Waals surface area contributed by atoms with Gasteiger partial charge in [-0.3, -0.25) is 0 Å². The van der Waals surface area contributed by atoms with E-state index in [1.54, 1.807) is 17.0 Å². The van der Waals surface area contributed by atoms with Gasteiger partial charge in [0.25, 0.3) is 0 Å². The molecule has 2 unspecified atom stereocenters. The average Bonchev–Trinajstić information content (AvgIpc) is 3.26. The summed E-state index contributed by atoms with van der Waals surface area (Å²) in [7, 11) is 3.30. The predicted octanol–water partition coefficient (Wildman–Crippen LogP) is 4.86. The number of methoxy groups -OCH3 is 1. The summed E-state index contributed by atoms with van der Waals surface area (Å²) in [6.45, 7) is 3.22. The SMILES string of the molecule is CCC(Nc1nc(NC2CCCCCC2)nc(N(C)c2ccc(OC)c(F)c2)n1)C1CCCN1. The van der Waals surface area contributed by atoms with Gasteiger partial charge in [-0.15, -0.1) is 0 Å². The normalized spacial score (nSPS) is 19.9. The number of ether oxygens (including phenoxy) is 1. The zero-order valence-corrected chi connectivity index (χ0v) is 20.6. The molecule has 1 aromatic carbocycles. The zero-order chi connectivity index (χ0) is 23.9. The Kier molecular flexibility index (Phi) is 8.37. The van der Waals surface area contributed by atoms with E-state index in [9.17, 15) is 4.39 Å². The number of benzene rings is 1. The summed E-state index contributed by atoms with van der Waals surface area (Å²) in [5.74, 6) is 1.36. The minimum atomic E-state index is -0.422. The van der Waals surface area contributed by atoms with Gasteiger partial charge in [-0.1, -0.05) is 32.6 Å². The minimum absolute atomic E-state index is 0.209. The maximum Gasteiger partial charge on any atom is 0.236 e. The van der Waals surface area contributed by atoms with Gasteiger partial charge in [0.05, 0.1) is 7.11 Å². The summed E-state index contributed by atoms with van der Waals surface area (Å²) in [5.41, 5.74) is 0.639. The molecule has 2 heterocycles. The Hall–Kier alpha value is -2.68. The first-order valence-electron chi connectivity index (χ1n) is 12.7. The maximum atomic E-state index is 14.4. The molecular weight excluding hydrogens is 433 g/mol. The van der Waals surface area contributed by atoms with Crippen LogP contribution in [0.5, 0.6) is 5.75 Å². The number of aromatic nitrogens is 3. The number of nitrogens with one attached hydrogen (secondary N) is 3. The lowest BCUT2D eigenvalue weighted by Crippen LogP contribution is -2.40. The van der Waals surface area contributed by atoms with Crippen LogP contribution in [0.1, 0.15) is 64.7 Å². The molecular formula is C25H38FN7O. The lowest BCUT2D eigenvalue weighted by atomic mass is 10.0. The third-order valence-corrected chi connectivity index (χ3v) is 6.97. The summed E-state index contributed by atoms with van der Waals surface area (Å²) in [5, 5.41) is 10.7. The molecule has 186 valence electrons. The summed E-state index contributed by atoms with van der Waals surface area (Å²) in [6.07, 6.45) is 10.5. The summed E-state index contributed by atoms with van der Waals surface area (Å²) >= 11 is 0. The number of anilines is 4. The Balaban J connectivity index is 1.61. The molecule has 2 atom stereocenters. The van der Waals surface area contributed by atoms with E-state index >= 15 is 0 Å². The molecule has 0 amide bonds. The van der Waals surface area contributed by atoms with Gasteiger partial charge in [-0.25, -0.2) is 4.39 Å². The smallest absolute Gasteiger partial charge is 0.236 e. The molecule has 8 nitrogen and oxygen atoms in total. The van der Waals surface area contributed by atoms with Crippen LogP contribution in [0.15, 0.2) is 18.2 Å². The highest BCUT2D eigenvalue weighted by Crippen LogP contribution is 2.28. The van der Waals surface area contributed by atoms with Crippen LogP contribution in [0.4, 0.5) is 27.9 Å². The highest BCUT2D eigenvalue weighted by molar-refractivity contribution is 5.59. The molecule has 0 spiro atoms. The molecule has 2 aromatic rings. The largest absolute Gasteiger partial charge is 0.494 e. The van der Waals surface area contributed by atoms with Crippen LogP contribution in [0.3, 0.4) is 0 Å². The van der Waals surface area contributed by atoms with Crippen molar-refractivity contribution in [1.29, 1.82) is 0 Å². The summed E-state index contributed by atoms with van der Waals surface area (Å²) in [6, 6.07) is 5.84. The third kappa shape index (κ3) is 6.05. The van der Waals surface area contributed by atoms with E-state index in [1.165, 1.54) is 45.3 Å². The van der Waals surface area contributed by atoms with E-state index in [0.717, 1.165) is 32.2 Å². The Morgan fingerprint density at radius 2 is 1.85 bits per heavy atom. The van der Waals surface area contributed by atoms with Crippen molar-refractivity contribution in [3.63, 3.8) is 0 Å². The molecule has 1 aliphatic carbocycles. The quantitative estimate of drug-likeness (QED) is 0.447. The molecule has 9 heteroatoms. The van der Waals surface area contributed by atoms with Crippen molar-refractivity contribution in [2.24, 2.45) is 0 Å². The van der Waals surface area contributed by atoms with Gasteiger partial charge in [0, 0.05) is 36.9 Å². The Morgan fingerprint density at radius 1 is 1.09 bits per heavy atom. The van der Waals surface area contributed by atoms with Crippen molar-refractivity contribution in [1.82, 2.24) is 20.3 Å². The first-order chi connectivity index (χ1) is 16.6. The fourth-order valence-corrected chi connectivity index (χ4v) is 4.94. The third-order valence-electron chi connectivity index (χ3n) is 6.97. The molecule has 34 heavy (non-hydrogen) atoms. The lowest BCUT2D eigenvalue weighted by molar-refractivity contribution is 0.386. The number of nitrogens with zero attached hydrogens (tertiary/aromatic N) is 4. The van der Waals surface area contributed by atoms with Crippen molar-refractivity contribution in [2.75, 3.05) is 36.2 Å². The second-order valence-corrected chi connectivity index (χ2v) is 9.36. The van der Waals surface area contributed by atoms with Crippen LogP contribution in [0, 0.1) is 5.82 Å². The van der Waals surface area contributed by atoms with E-state index in [2.05, 4.69) is 22.9 Å². The molecule has 3 N–H and O–H groups in total. The molecule has 2 aliphatic rings. The number of hydrogen-bond donors (Lipinski definition) is 3. The fraction of sp³-hybridized carbons (Fsp3) is 0.640. The first kappa shape index (κ1) is 24.4. The van der Waals surface area contributed by atoms with E-state index in [-0.39, 0.29) is 11.8 Å². The summed E-state index contributed by atoms with van der Waals surface area (Å²) in [4.78, 5) is 16.0. The van der Waals surface area contributed by atoms with Gasteiger partial charge in [0.1, 0.15) is 0 Å². The van der Waals surface area contributed by atoms with E-state index in [0.29, 0.717) is 35.6 Å². The van der Waals surface area contributed by atoms with Crippen LogP contribution in [-0.4, -0.2) is 53.8 Å². The number of halogens is 1. The first-order valence-corrected chi connectivity index (χ1v) is 12.7. The molecule has 0 bridgehead atoms. The average molecular weight is 472 g/mol. The molecule has 1 aromatic heterocycles. The van der Waals surface area contributed by atoms with E-state index in [1.807, 2.05) is 7.05 Å². The van der Waals surface area contributed by atoms with Crippen LogP contribution < -0.4 is 25.6 Å². The molecule has 4 rings (SSSR count). The van der Waals surface area contributed by atoms with Gasteiger partial charge in [0.15, 0.2) is 11.6 Å². The van der Waals surface area contributed by atoms with Gasteiger partial charge in [0.2, 0.25) is 17.8 Å². The Labute approximate surface area is 202 Å². The number of hydrogen-bond acceptors (Lipinski definition) is 8. The van der Waals surface area contributed by atoms with Gasteiger partial charge in [-0.05, 0) is 50.8 Å². The van der Waals surface area contributed by atoms with Crippen molar-refractivity contribution < 1.29 is 9.13 Å². The zero-order valence-electron chi connectivity index (χ0n) is 20.6. The predicted molar refractivity (Wildman–Crippen MR) is 135 cm³/mol. The van der Waals surface area contributed by atoms with Crippen molar-refractivity contribution >= 4 is 23.5 Å². The topological polar surface area (TPSA) is 87.2 Å². The van der Waals surface area contributed by atoms with Crippen LogP contribution in [0.25, 0.3) is 0 Å². The van der Waals surface area contributed by atoms with Crippen LogP contribution >= 0.6 is 0 Å². The molecule has 1 saturated carbocycles. The van der Waals surface area contributed by atoms with Crippen molar-refractivity contribution in [2.45, 2.75) is 82.8 Å². The van der Waals surface area contributed by atoms with E-state index < -0.39 is 5.82 Å². The van der Waals surface area contributed by atoms with Gasteiger partial charge in [-0.2, -0.15) is 15.0 Å². The van der Waals surface area contributed by atoms with E-state index in [4.69, 9.17) is 19.7 Å². The van der Waals surface area contributed by atoms with Crippen molar-refractivity contribution in [3.05, 3.63) is 24.0 Å². The molecule has 0 radical (unpaired) electrons. The fourth-order valence-electron chi connectivity index (χ4n) is 4.94. The monoisotopic (exact) mass is 471 g/mol. The minimum Gasteiger partial charge on any atom is -0.494 e. The van der Waals surface area contributed by atoms with Gasteiger partial charge >= 0.3 is 0 Å². The lowest BCUT2D eigenvalue weighted by Gasteiger charge is -2.25. The van der Waals surface area contributed by atoms with Crippen LogP contribution in [-0.2, 0) is 0 Å². The van der Waals surface area contributed by atoms with Gasteiger partial charge < -0.3 is 25.6 Å². The van der Waals surface area contributed by atoms with Crippen LogP contribution in [0.2, 0.25) is 0 Å². The highest BCUT2D eigenvalue weighted by Gasteiger charge is 2.25. The standard InChI is InChI=1S/C25H38FN7O/c1-4-20(21-12-9-15-27-21)29-24-30-23(28-17-10-7-5-6-8-11-17)31-25(32-24)33(2)18-13-14-22(34-3)19(26)16-18/h13-14,16-17,20-21,27H,4-12,15H2,1-3H3,(H2,28,29,30,31,32). The molecule has 2 fully saturated rings. The summed E-state index contributed by atoms with van der Waals surface area (Å²) < 4.78 is 19.4. The highest BCUT2D eigenvalue weighted by atomic mass is 19.1. The second-order valence-electron chi connectivity index (χ2n) is 9.36. The molecule has 1 aliphatic heterocycles. The number of rotatable bonds is 9. The van der Waals surface area contributed by atoms with Crippen molar-refractivity contribution in [3.8, 4) is 5.75 Å².